The van der Waals surface area contributed by atoms with Crippen molar-refractivity contribution >= 4 is 5.95 Å². The predicted molar refractivity (Wildman–Crippen MR) is 66.4 cm³/mol. The summed E-state index contributed by atoms with van der Waals surface area (Å²) in [7, 11) is 0. The highest BCUT2D eigenvalue weighted by Crippen LogP contribution is 2.21. The third-order valence-corrected chi connectivity index (χ3v) is 3.64. The molecule has 0 spiro atoms. The standard InChI is InChI=1S/C12H18N4O/c17-11-9-4-6-13-7-5-10(9)15-12(16-11)14-8-2-1-3-8/h8,13H,1-7H2,(H2,14,15,16,17). The number of nitrogens with zero attached hydrogens (tertiary/aromatic N) is 1. The van der Waals surface area contributed by atoms with Crippen LogP contribution < -0.4 is 16.2 Å². The molecule has 0 aromatic carbocycles. The van der Waals surface area contributed by atoms with Crippen LogP contribution in [0.3, 0.4) is 0 Å². The fourth-order valence-electron chi connectivity index (χ4n) is 2.37. The van der Waals surface area contributed by atoms with E-state index in [0.717, 1.165) is 37.2 Å². The SMILES string of the molecule is O=c1[nH]c(NC2CCC2)nc2c1CCNCC2. The van der Waals surface area contributed by atoms with E-state index in [-0.39, 0.29) is 5.56 Å². The minimum absolute atomic E-state index is 0.0283. The Morgan fingerprint density at radius 2 is 2.06 bits per heavy atom. The maximum atomic E-state index is 12.0. The largest absolute Gasteiger partial charge is 0.353 e. The Hall–Kier alpha value is -1.36. The normalized spacial score (nSPS) is 20.2. The lowest BCUT2D eigenvalue weighted by Crippen LogP contribution is -2.30. The monoisotopic (exact) mass is 234 g/mol. The van der Waals surface area contributed by atoms with Crippen molar-refractivity contribution < 1.29 is 0 Å². The molecule has 1 saturated carbocycles. The van der Waals surface area contributed by atoms with Crippen LogP contribution in [0.15, 0.2) is 4.79 Å². The number of nitrogens with one attached hydrogen (secondary N) is 3. The fraction of sp³-hybridized carbons (Fsp3) is 0.667. The molecule has 3 N–H and O–H groups in total. The van der Waals surface area contributed by atoms with Crippen LogP contribution in [-0.2, 0) is 12.8 Å². The smallest absolute Gasteiger partial charge is 0.255 e. The summed E-state index contributed by atoms with van der Waals surface area (Å²) in [6, 6.07) is 0.500. The van der Waals surface area contributed by atoms with Gasteiger partial charge in [-0.15, -0.1) is 0 Å². The maximum absolute atomic E-state index is 12.0. The van der Waals surface area contributed by atoms with Crippen molar-refractivity contribution in [2.24, 2.45) is 0 Å². The lowest BCUT2D eigenvalue weighted by molar-refractivity contribution is 0.443. The molecule has 2 heterocycles. The van der Waals surface area contributed by atoms with Crippen molar-refractivity contribution in [3.05, 3.63) is 21.6 Å². The van der Waals surface area contributed by atoms with E-state index in [1.165, 1.54) is 19.3 Å². The number of H-pyrrole nitrogens is 1. The molecule has 0 saturated heterocycles. The quantitative estimate of drug-likeness (QED) is 0.694. The predicted octanol–water partition coefficient (Wildman–Crippen LogP) is 0.423. The number of hydrogen-bond donors (Lipinski definition) is 3. The van der Waals surface area contributed by atoms with E-state index in [4.69, 9.17) is 0 Å². The van der Waals surface area contributed by atoms with Crippen molar-refractivity contribution in [2.75, 3.05) is 18.4 Å². The van der Waals surface area contributed by atoms with Crippen molar-refractivity contribution in [2.45, 2.75) is 38.1 Å². The molecule has 1 aromatic rings. The van der Waals surface area contributed by atoms with Crippen molar-refractivity contribution in [1.82, 2.24) is 15.3 Å². The van der Waals surface area contributed by atoms with Gasteiger partial charge in [0.25, 0.3) is 5.56 Å². The third-order valence-electron chi connectivity index (χ3n) is 3.64. The van der Waals surface area contributed by atoms with E-state index in [2.05, 4.69) is 20.6 Å². The van der Waals surface area contributed by atoms with Crippen molar-refractivity contribution in [3.63, 3.8) is 0 Å². The number of anilines is 1. The third kappa shape index (κ3) is 2.20. The summed E-state index contributed by atoms with van der Waals surface area (Å²) in [5.41, 5.74) is 1.84. The summed E-state index contributed by atoms with van der Waals surface area (Å²) in [5.74, 6) is 0.653. The molecule has 2 aliphatic rings. The second-order valence-electron chi connectivity index (χ2n) is 4.86. The second-order valence-corrected chi connectivity index (χ2v) is 4.86. The van der Waals surface area contributed by atoms with Gasteiger partial charge in [-0.05, 0) is 32.2 Å². The van der Waals surface area contributed by atoms with Crippen LogP contribution in [0.4, 0.5) is 5.95 Å². The summed E-state index contributed by atoms with van der Waals surface area (Å²) < 4.78 is 0. The van der Waals surface area contributed by atoms with Gasteiger partial charge < -0.3 is 10.6 Å². The first-order valence-electron chi connectivity index (χ1n) is 6.42. The highest BCUT2D eigenvalue weighted by Gasteiger charge is 2.19. The van der Waals surface area contributed by atoms with E-state index in [9.17, 15) is 4.79 Å². The van der Waals surface area contributed by atoms with Crippen LogP contribution in [0.25, 0.3) is 0 Å². The van der Waals surface area contributed by atoms with Crippen LogP contribution in [0.1, 0.15) is 30.5 Å². The zero-order chi connectivity index (χ0) is 11.7. The Morgan fingerprint density at radius 1 is 1.24 bits per heavy atom. The van der Waals surface area contributed by atoms with E-state index in [1.54, 1.807) is 0 Å². The molecule has 3 rings (SSSR count). The number of fused-ring (bicyclic) bond motifs is 1. The molecular formula is C12H18N4O. The molecule has 1 fully saturated rings. The van der Waals surface area contributed by atoms with E-state index in [0.29, 0.717) is 12.0 Å². The van der Waals surface area contributed by atoms with Crippen LogP contribution in [0.5, 0.6) is 0 Å². The van der Waals surface area contributed by atoms with Gasteiger partial charge in [-0.25, -0.2) is 4.98 Å². The molecule has 5 nitrogen and oxygen atoms in total. The molecule has 0 unspecified atom stereocenters. The molecule has 0 atom stereocenters. The van der Waals surface area contributed by atoms with Crippen LogP contribution in [-0.4, -0.2) is 29.1 Å². The van der Waals surface area contributed by atoms with Crippen LogP contribution in [0.2, 0.25) is 0 Å². The molecule has 0 radical (unpaired) electrons. The van der Waals surface area contributed by atoms with Gasteiger partial charge in [0.05, 0.1) is 5.69 Å². The molecular weight excluding hydrogens is 216 g/mol. The minimum atomic E-state index is 0.0283. The van der Waals surface area contributed by atoms with Gasteiger partial charge in [0, 0.05) is 24.6 Å². The number of aromatic nitrogens is 2. The van der Waals surface area contributed by atoms with E-state index >= 15 is 0 Å². The summed E-state index contributed by atoms with van der Waals surface area (Å²) in [5, 5.41) is 6.59. The zero-order valence-corrected chi connectivity index (χ0v) is 9.88. The topological polar surface area (TPSA) is 69.8 Å². The van der Waals surface area contributed by atoms with Gasteiger partial charge in [-0.3, -0.25) is 9.78 Å². The van der Waals surface area contributed by atoms with E-state index < -0.39 is 0 Å². The van der Waals surface area contributed by atoms with Crippen molar-refractivity contribution in [3.8, 4) is 0 Å². The molecule has 92 valence electrons. The van der Waals surface area contributed by atoms with E-state index in [1.807, 2.05) is 0 Å². The average molecular weight is 234 g/mol. The molecule has 1 aromatic heterocycles. The first-order valence-corrected chi connectivity index (χ1v) is 6.42. The number of rotatable bonds is 2. The molecule has 0 amide bonds. The fourth-order valence-corrected chi connectivity index (χ4v) is 2.37. The van der Waals surface area contributed by atoms with Gasteiger partial charge in [0.15, 0.2) is 0 Å². The lowest BCUT2D eigenvalue weighted by atomic mass is 9.93. The summed E-state index contributed by atoms with van der Waals surface area (Å²) in [4.78, 5) is 19.4. The lowest BCUT2D eigenvalue weighted by Gasteiger charge is -2.26. The minimum Gasteiger partial charge on any atom is -0.353 e. The zero-order valence-electron chi connectivity index (χ0n) is 9.88. The molecule has 0 bridgehead atoms. The summed E-state index contributed by atoms with van der Waals surface area (Å²) in [6.07, 6.45) is 5.27. The first-order chi connectivity index (χ1) is 8.33. The molecule has 17 heavy (non-hydrogen) atoms. The average Bonchev–Trinajstić information content (AvgIpc) is 2.49. The molecule has 1 aliphatic carbocycles. The summed E-state index contributed by atoms with van der Waals surface area (Å²) in [6.45, 7) is 1.78. The second kappa shape index (κ2) is 4.49. The van der Waals surface area contributed by atoms with Crippen molar-refractivity contribution in [1.29, 1.82) is 0 Å². The van der Waals surface area contributed by atoms with Crippen LogP contribution >= 0.6 is 0 Å². The Balaban J connectivity index is 1.88. The summed E-state index contributed by atoms with van der Waals surface area (Å²) >= 11 is 0. The Kier molecular flexibility index (Phi) is 2.84. The van der Waals surface area contributed by atoms with Gasteiger partial charge >= 0.3 is 0 Å². The number of aromatic amines is 1. The van der Waals surface area contributed by atoms with Gasteiger partial charge in [-0.1, -0.05) is 0 Å². The Labute approximate surface area is 100 Å². The highest BCUT2D eigenvalue weighted by atomic mass is 16.1. The Bertz CT molecular complexity index is 464. The first kappa shape index (κ1) is 10.8. The van der Waals surface area contributed by atoms with Gasteiger partial charge in [0.1, 0.15) is 0 Å². The Morgan fingerprint density at radius 3 is 2.82 bits per heavy atom. The highest BCUT2D eigenvalue weighted by molar-refractivity contribution is 5.32. The maximum Gasteiger partial charge on any atom is 0.255 e. The van der Waals surface area contributed by atoms with Gasteiger partial charge in [0.2, 0.25) is 5.95 Å². The molecule has 1 aliphatic heterocycles. The van der Waals surface area contributed by atoms with Crippen LogP contribution in [0, 0.1) is 0 Å². The van der Waals surface area contributed by atoms with Gasteiger partial charge in [-0.2, -0.15) is 0 Å². The number of hydrogen-bond acceptors (Lipinski definition) is 4. The molecule has 5 heteroatoms.